The van der Waals surface area contributed by atoms with Gasteiger partial charge in [-0.15, -0.1) is 0 Å². The minimum Gasteiger partial charge on any atom is -0.336 e. The zero-order valence-corrected chi connectivity index (χ0v) is 15.2. The lowest BCUT2D eigenvalue weighted by Gasteiger charge is -2.35. The molecule has 2 amide bonds. The Morgan fingerprint density at radius 2 is 1.46 bits per heavy atom. The fraction of sp³-hybridized carbons (Fsp3) is 0.333. The van der Waals surface area contributed by atoms with Crippen molar-refractivity contribution in [2.75, 3.05) is 44.2 Å². The van der Waals surface area contributed by atoms with E-state index in [1.807, 2.05) is 77.4 Å². The number of rotatable bonds is 5. The number of nitrogens with zero attached hydrogens (tertiary/aromatic N) is 3. The van der Waals surface area contributed by atoms with Crippen molar-refractivity contribution in [3.05, 3.63) is 66.2 Å². The maximum absolute atomic E-state index is 12.7. The lowest BCUT2D eigenvalue weighted by atomic mass is 10.2. The number of likely N-dealkylation sites (N-methyl/N-ethyl adjacent to an activating group) is 1. The fourth-order valence-corrected chi connectivity index (χ4v) is 3.26. The molecule has 1 heterocycles. The van der Waals surface area contributed by atoms with Crippen molar-refractivity contribution in [2.45, 2.75) is 6.92 Å². The van der Waals surface area contributed by atoms with Crippen molar-refractivity contribution in [3.63, 3.8) is 0 Å². The van der Waals surface area contributed by atoms with Crippen LogP contribution in [0.1, 0.15) is 17.3 Å². The van der Waals surface area contributed by atoms with Crippen LogP contribution in [-0.4, -0.2) is 60.9 Å². The maximum Gasteiger partial charge on any atom is 0.253 e. The molecule has 1 aliphatic heterocycles. The van der Waals surface area contributed by atoms with Crippen LogP contribution in [0.2, 0.25) is 0 Å². The summed E-state index contributed by atoms with van der Waals surface area (Å²) >= 11 is 0. The fourth-order valence-electron chi connectivity index (χ4n) is 3.26. The third kappa shape index (κ3) is 4.29. The molecule has 0 saturated carbocycles. The molecule has 0 aliphatic carbocycles. The Morgan fingerprint density at radius 1 is 0.885 bits per heavy atom. The molecule has 2 aromatic carbocycles. The van der Waals surface area contributed by atoms with E-state index >= 15 is 0 Å². The van der Waals surface area contributed by atoms with Crippen molar-refractivity contribution in [1.82, 2.24) is 9.80 Å². The highest BCUT2D eigenvalue weighted by Crippen LogP contribution is 2.14. The predicted molar refractivity (Wildman–Crippen MR) is 103 cm³/mol. The standard InChI is InChI=1S/C21H25N3O2/c1-2-24(19-11-7-4-8-12-19)20(25)17-22-13-15-23(16-14-22)21(26)18-9-5-3-6-10-18/h3-12H,2,13-17H2,1H3. The summed E-state index contributed by atoms with van der Waals surface area (Å²) in [6.45, 7) is 5.76. The lowest BCUT2D eigenvalue weighted by molar-refractivity contribution is -0.120. The second-order valence-electron chi connectivity index (χ2n) is 6.41. The maximum atomic E-state index is 12.7. The smallest absolute Gasteiger partial charge is 0.253 e. The first-order valence-electron chi connectivity index (χ1n) is 9.11. The minimum atomic E-state index is 0.0658. The van der Waals surface area contributed by atoms with Crippen LogP contribution < -0.4 is 4.90 Å². The zero-order chi connectivity index (χ0) is 18.4. The Bertz CT molecular complexity index is 725. The second-order valence-corrected chi connectivity index (χ2v) is 6.41. The number of hydrogen-bond acceptors (Lipinski definition) is 3. The Hall–Kier alpha value is -2.66. The van der Waals surface area contributed by atoms with Crippen LogP contribution in [0.4, 0.5) is 5.69 Å². The molecule has 0 aromatic heterocycles. The summed E-state index contributed by atoms with van der Waals surface area (Å²) in [6, 6.07) is 19.1. The van der Waals surface area contributed by atoms with Crippen LogP contribution in [0.25, 0.3) is 0 Å². The molecular weight excluding hydrogens is 326 g/mol. The van der Waals surface area contributed by atoms with E-state index in [-0.39, 0.29) is 11.8 Å². The van der Waals surface area contributed by atoms with Gasteiger partial charge in [0.15, 0.2) is 0 Å². The molecule has 0 radical (unpaired) electrons. The first kappa shape index (κ1) is 18.1. The molecule has 0 unspecified atom stereocenters. The van der Waals surface area contributed by atoms with E-state index in [4.69, 9.17) is 0 Å². The molecule has 3 rings (SSSR count). The number of carbonyl (C=O) groups excluding carboxylic acids is 2. The van der Waals surface area contributed by atoms with Crippen molar-refractivity contribution < 1.29 is 9.59 Å². The number of amides is 2. The first-order valence-corrected chi connectivity index (χ1v) is 9.11. The molecule has 1 fully saturated rings. The SMILES string of the molecule is CCN(C(=O)CN1CCN(C(=O)c2ccccc2)CC1)c1ccccc1. The number of hydrogen-bond donors (Lipinski definition) is 0. The van der Waals surface area contributed by atoms with Gasteiger partial charge in [0, 0.05) is 44.0 Å². The summed E-state index contributed by atoms with van der Waals surface area (Å²) < 4.78 is 0. The molecule has 1 saturated heterocycles. The van der Waals surface area contributed by atoms with Gasteiger partial charge in [-0.1, -0.05) is 36.4 Å². The normalized spacial score (nSPS) is 14.9. The molecule has 136 valence electrons. The highest BCUT2D eigenvalue weighted by atomic mass is 16.2. The largest absolute Gasteiger partial charge is 0.336 e. The number of piperazine rings is 1. The van der Waals surface area contributed by atoms with Gasteiger partial charge < -0.3 is 9.80 Å². The van der Waals surface area contributed by atoms with Crippen LogP contribution in [0.5, 0.6) is 0 Å². The average molecular weight is 351 g/mol. The highest BCUT2D eigenvalue weighted by molar-refractivity contribution is 5.95. The summed E-state index contributed by atoms with van der Waals surface area (Å²) in [7, 11) is 0. The van der Waals surface area contributed by atoms with Gasteiger partial charge in [-0.05, 0) is 31.2 Å². The summed E-state index contributed by atoms with van der Waals surface area (Å²) in [5, 5.41) is 0. The summed E-state index contributed by atoms with van der Waals surface area (Å²) in [6.07, 6.45) is 0. The third-order valence-corrected chi connectivity index (χ3v) is 4.72. The van der Waals surface area contributed by atoms with Gasteiger partial charge in [0.2, 0.25) is 5.91 Å². The Balaban J connectivity index is 1.53. The van der Waals surface area contributed by atoms with E-state index in [9.17, 15) is 9.59 Å². The molecule has 0 atom stereocenters. The number of benzene rings is 2. The quantitative estimate of drug-likeness (QED) is 0.831. The summed E-state index contributed by atoms with van der Waals surface area (Å²) in [4.78, 5) is 31.0. The number of para-hydroxylation sites is 1. The highest BCUT2D eigenvalue weighted by Gasteiger charge is 2.24. The molecule has 0 N–H and O–H groups in total. The Morgan fingerprint density at radius 3 is 2.04 bits per heavy atom. The third-order valence-electron chi connectivity index (χ3n) is 4.72. The summed E-state index contributed by atoms with van der Waals surface area (Å²) in [5.74, 6) is 0.164. The molecule has 0 bridgehead atoms. The van der Waals surface area contributed by atoms with Crippen LogP contribution in [0.3, 0.4) is 0 Å². The molecule has 0 spiro atoms. The van der Waals surface area contributed by atoms with Crippen LogP contribution >= 0.6 is 0 Å². The van der Waals surface area contributed by atoms with Crippen molar-refractivity contribution in [1.29, 1.82) is 0 Å². The molecule has 5 heteroatoms. The van der Waals surface area contributed by atoms with E-state index in [0.717, 1.165) is 24.3 Å². The van der Waals surface area contributed by atoms with Gasteiger partial charge in [0.05, 0.1) is 6.54 Å². The van der Waals surface area contributed by atoms with E-state index < -0.39 is 0 Å². The van der Waals surface area contributed by atoms with Gasteiger partial charge >= 0.3 is 0 Å². The lowest BCUT2D eigenvalue weighted by Crippen LogP contribution is -2.51. The predicted octanol–water partition coefficient (Wildman–Crippen LogP) is 2.50. The minimum absolute atomic E-state index is 0.0658. The van der Waals surface area contributed by atoms with Gasteiger partial charge in [-0.3, -0.25) is 14.5 Å². The van der Waals surface area contributed by atoms with Gasteiger partial charge in [-0.25, -0.2) is 0 Å². The van der Waals surface area contributed by atoms with Gasteiger partial charge in [0.1, 0.15) is 0 Å². The van der Waals surface area contributed by atoms with E-state index in [2.05, 4.69) is 4.90 Å². The van der Waals surface area contributed by atoms with Crippen molar-refractivity contribution in [3.8, 4) is 0 Å². The van der Waals surface area contributed by atoms with Crippen LogP contribution in [0, 0.1) is 0 Å². The van der Waals surface area contributed by atoms with E-state index in [0.29, 0.717) is 26.2 Å². The molecular formula is C21H25N3O2. The van der Waals surface area contributed by atoms with Gasteiger partial charge in [0.25, 0.3) is 5.91 Å². The monoisotopic (exact) mass is 351 g/mol. The topological polar surface area (TPSA) is 43.9 Å². The molecule has 26 heavy (non-hydrogen) atoms. The molecule has 1 aliphatic rings. The zero-order valence-electron chi connectivity index (χ0n) is 15.2. The molecule has 5 nitrogen and oxygen atoms in total. The first-order chi connectivity index (χ1) is 12.7. The van der Waals surface area contributed by atoms with E-state index in [1.165, 1.54) is 0 Å². The average Bonchev–Trinajstić information content (AvgIpc) is 2.70. The number of carbonyl (C=O) groups is 2. The van der Waals surface area contributed by atoms with Crippen molar-refractivity contribution >= 4 is 17.5 Å². The van der Waals surface area contributed by atoms with E-state index in [1.54, 1.807) is 0 Å². The molecule has 2 aromatic rings. The Labute approximate surface area is 154 Å². The summed E-state index contributed by atoms with van der Waals surface area (Å²) in [5.41, 5.74) is 1.65. The second kappa shape index (κ2) is 8.63. The number of anilines is 1. The van der Waals surface area contributed by atoms with Gasteiger partial charge in [-0.2, -0.15) is 0 Å². The van der Waals surface area contributed by atoms with Crippen LogP contribution in [0.15, 0.2) is 60.7 Å². The van der Waals surface area contributed by atoms with Crippen molar-refractivity contribution in [2.24, 2.45) is 0 Å². The van der Waals surface area contributed by atoms with Crippen LogP contribution in [-0.2, 0) is 4.79 Å². The Kier molecular flexibility index (Phi) is 6.02.